The van der Waals surface area contributed by atoms with Gasteiger partial charge in [0.15, 0.2) is 5.82 Å². The Morgan fingerprint density at radius 2 is 1.57 bits per heavy atom. The number of anilines is 1. The number of nitrogens with zero attached hydrogens (tertiary/aromatic N) is 2. The fraction of sp³-hybridized carbons (Fsp3) is 0. The highest BCUT2D eigenvalue weighted by molar-refractivity contribution is 6.18. The Kier molecular flexibility index (Phi) is 2.72. The van der Waals surface area contributed by atoms with Gasteiger partial charge in [-0.2, -0.15) is 0 Å². The summed E-state index contributed by atoms with van der Waals surface area (Å²) in [6.45, 7) is 0. The maximum atomic E-state index is 13.3. The molecule has 5 aromatic rings. The van der Waals surface area contributed by atoms with Gasteiger partial charge in [-0.05, 0) is 52.6 Å². The van der Waals surface area contributed by atoms with Crippen molar-refractivity contribution in [2.75, 3.05) is 5.73 Å². The first-order valence-electron chi connectivity index (χ1n) is 8.95. The number of hydrogen-bond acceptors (Lipinski definition) is 4. The number of carbonyl (C=O) groups is 1. The normalized spacial score (nSPS) is 12.6. The molecule has 1 aliphatic rings. The van der Waals surface area contributed by atoms with E-state index in [-0.39, 0.29) is 17.2 Å². The molecule has 0 spiro atoms. The minimum atomic E-state index is -0.278. The molecule has 1 aliphatic heterocycles. The summed E-state index contributed by atoms with van der Waals surface area (Å²) < 4.78 is 1.44. The zero-order valence-corrected chi connectivity index (χ0v) is 14.6. The maximum Gasteiger partial charge on any atom is 0.266 e. The summed E-state index contributed by atoms with van der Waals surface area (Å²) in [7, 11) is 0. The van der Waals surface area contributed by atoms with Gasteiger partial charge in [0.25, 0.3) is 5.56 Å². The molecule has 0 fully saturated rings. The molecule has 0 bridgehead atoms. The first kappa shape index (κ1) is 15.1. The van der Waals surface area contributed by atoms with E-state index in [2.05, 4.69) is 11.1 Å². The van der Waals surface area contributed by atoms with Crippen molar-refractivity contribution in [2.45, 2.75) is 0 Å². The van der Waals surface area contributed by atoms with Gasteiger partial charge in [0.1, 0.15) is 0 Å². The van der Waals surface area contributed by atoms with Gasteiger partial charge in [-0.1, -0.05) is 30.3 Å². The Morgan fingerprint density at radius 1 is 0.786 bits per heavy atom. The van der Waals surface area contributed by atoms with E-state index in [4.69, 9.17) is 5.73 Å². The quantitative estimate of drug-likeness (QED) is 0.329. The van der Waals surface area contributed by atoms with Crippen molar-refractivity contribution < 1.29 is 4.79 Å². The third-order valence-electron chi connectivity index (χ3n) is 5.42. The second kappa shape index (κ2) is 5.04. The molecule has 2 heterocycles. The van der Waals surface area contributed by atoms with E-state index in [0.717, 1.165) is 21.5 Å². The van der Waals surface area contributed by atoms with Gasteiger partial charge < -0.3 is 5.73 Å². The minimum Gasteiger partial charge on any atom is -0.399 e. The van der Waals surface area contributed by atoms with Crippen molar-refractivity contribution >= 4 is 43.9 Å². The van der Waals surface area contributed by atoms with Gasteiger partial charge >= 0.3 is 0 Å². The average Bonchev–Trinajstić information content (AvgIpc) is 3.00. The van der Waals surface area contributed by atoms with E-state index < -0.39 is 0 Å². The number of ketones is 1. The fourth-order valence-corrected chi connectivity index (χ4v) is 4.11. The predicted octanol–water partition coefficient (Wildman–Crippen LogP) is 3.82. The summed E-state index contributed by atoms with van der Waals surface area (Å²) in [6.07, 6.45) is 0. The van der Waals surface area contributed by atoms with Gasteiger partial charge in [0.2, 0.25) is 5.78 Å². The van der Waals surface area contributed by atoms with Gasteiger partial charge in [0.05, 0.1) is 22.2 Å². The number of fused-ring (bicyclic) bond motifs is 7. The van der Waals surface area contributed by atoms with Crippen LogP contribution in [0.25, 0.3) is 38.1 Å². The number of hydrogen-bond donors (Lipinski definition) is 1. The molecule has 2 N–H and O–H groups in total. The molecular weight excluding hydrogens is 350 g/mol. The minimum absolute atomic E-state index is 0.151. The monoisotopic (exact) mass is 363 g/mol. The SMILES string of the molecule is Nc1ccc2nc3n(c(=O)c2c1)-c1c(ccc2cc4ccccc4cc12)C3=O. The summed E-state index contributed by atoms with van der Waals surface area (Å²) in [5.41, 5.74) is 7.65. The molecule has 1 aromatic heterocycles. The first-order chi connectivity index (χ1) is 13.6. The standard InChI is InChI=1S/C23H13N3O2/c24-15-6-8-19-18(11-15)23(28)26-20-16(21(27)22(26)25-19)7-5-14-9-12-3-1-2-4-13(12)10-17(14)20/h1-11H,24H2. The molecule has 132 valence electrons. The van der Waals surface area contributed by atoms with E-state index in [1.165, 1.54) is 4.57 Å². The molecule has 6 rings (SSSR count). The highest BCUT2D eigenvalue weighted by atomic mass is 16.1. The molecule has 0 amide bonds. The number of nitrogen functional groups attached to an aromatic ring is 1. The van der Waals surface area contributed by atoms with Crippen molar-refractivity contribution in [3.05, 3.63) is 88.5 Å². The second-order valence-corrected chi connectivity index (χ2v) is 7.06. The van der Waals surface area contributed by atoms with Crippen molar-refractivity contribution in [3.63, 3.8) is 0 Å². The van der Waals surface area contributed by atoms with Gasteiger partial charge in [0, 0.05) is 11.1 Å². The summed E-state index contributed by atoms with van der Waals surface area (Å²) in [5.74, 6) is -0.0844. The van der Waals surface area contributed by atoms with Crippen LogP contribution in [0.5, 0.6) is 0 Å². The summed E-state index contributed by atoms with van der Waals surface area (Å²) in [6, 6.07) is 20.8. The molecular formula is C23H13N3O2. The van der Waals surface area contributed by atoms with Crippen LogP contribution in [-0.2, 0) is 0 Å². The van der Waals surface area contributed by atoms with Gasteiger partial charge in [-0.25, -0.2) is 4.98 Å². The van der Waals surface area contributed by atoms with Crippen LogP contribution in [0.3, 0.4) is 0 Å². The van der Waals surface area contributed by atoms with E-state index >= 15 is 0 Å². The van der Waals surface area contributed by atoms with Gasteiger partial charge in [-0.15, -0.1) is 0 Å². The molecule has 5 heteroatoms. The average molecular weight is 363 g/mol. The molecule has 0 atom stereocenters. The molecule has 4 aromatic carbocycles. The summed E-state index contributed by atoms with van der Waals surface area (Å²) in [4.78, 5) is 30.8. The van der Waals surface area contributed by atoms with Crippen molar-refractivity contribution in [3.8, 4) is 5.69 Å². The van der Waals surface area contributed by atoms with Gasteiger partial charge in [-0.3, -0.25) is 14.2 Å². The van der Waals surface area contributed by atoms with E-state index in [1.54, 1.807) is 24.3 Å². The Labute approximate surface area is 158 Å². The molecule has 0 aliphatic carbocycles. The van der Waals surface area contributed by atoms with Crippen LogP contribution in [0.15, 0.2) is 71.5 Å². The zero-order valence-electron chi connectivity index (χ0n) is 14.6. The topological polar surface area (TPSA) is 78.0 Å². The largest absolute Gasteiger partial charge is 0.399 e. The Morgan fingerprint density at radius 3 is 2.39 bits per heavy atom. The van der Waals surface area contributed by atoms with Crippen LogP contribution >= 0.6 is 0 Å². The lowest BCUT2D eigenvalue weighted by molar-refractivity contribution is 0.103. The van der Waals surface area contributed by atoms with E-state index in [9.17, 15) is 9.59 Å². The smallest absolute Gasteiger partial charge is 0.266 e. The summed E-state index contributed by atoms with van der Waals surface area (Å²) >= 11 is 0. The van der Waals surface area contributed by atoms with Crippen LogP contribution in [0, 0.1) is 0 Å². The number of benzene rings is 4. The predicted molar refractivity (Wildman–Crippen MR) is 110 cm³/mol. The molecule has 0 unspecified atom stereocenters. The van der Waals surface area contributed by atoms with Crippen LogP contribution < -0.4 is 11.3 Å². The lowest BCUT2D eigenvalue weighted by atomic mass is 9.99. The molecule has 0 saturated carbocycles. The lowest BCUT2D eigenvalue weighted by Crippen LogP contribution is -2.21. The fourth-order valence-electron chi connectivity index (χ4n) is 4.11. The zero-order chi connectivity index (χ0) is 19.0. The summed E-state index contributed by atoms with van der Waals surface area (Å²) in [5, 5.41) is 4.39. The van der Waals surface area contributed by atoms with Crippen LogP contribution in [0.2, 0.25) is 0 Å². The van der Waals surface area contributed by atoms with E-state index in [0.29, 0.717) is 27.8 Å². The Balaban J connectivity index is 1.82. The maximum absolute atomic E-state index is 13.3. The van der Waals surface area contributed by atoms with Crippen molar-refractivity contribution in [1.29, 1.82) is 0 Å². The van der Waals surface area contributed by atoms with Crippen LogP contribution in [-0.4, -0.2) is 15.3 Å². The van der Waals surface area contributed by atoms with Crippen molar-refractivity contribution in [2.24, 2.45) is 0 Å². The second-order valence-electron chi connectivity index (χ2n) is 7.06. The Hall–Kier alpha value is -3.99. The van der Waals surface area contributed by atoms with Crippen LogP contribution in [0.1, 0.15) is 16.2 Å². The number of carbonyl (C=O) groups excluding carboxylic acids is 1. The number of aromatic nitrogens is 2. The highest BCUT2D eigenvalue weighted by Crippen LogP contribution is 2.35. The third-order valence-corrected chi connectivity index (χ3v) is 5.42. The van der Waals surface area contributed by atoms with Crippen LogP contribution in [0.4, 0.5) is 5.69 Å². The Bertz CT molecular complexity index is 1560. The van der Waals surface area contributed by atoms with Crippen molar-refractivity contribution in [1.82, 2.24) is 9.55 Å². The molecule has 0 saturated heterocycles. The first-order valence-corrected chi connectivity index (χ1v) is 8.95. The molecule has 5 nitrogen and oxygen atoms in total. The number of rotatable bonds is 0. The lowest BCUT2D eigenvalue weighted by Gasteiger charge is -2.10. The molecule has 28 heavy (non-hydrogen) atoms. The number of nitrogens with two attached hydrogens (primary N) is 1. The third kappa shape index (κ3) is 1.82. The molecule has 0 radical (unpaired) electrons. The van der Waals surface area contributed by atoms with E-state index in [1.807, 2.05) is 36.4 Å². The highest BCUT2D eigenvalue weighted by Gasteiger charge is 2.31.